The van der Waals surface area contributed by atoms with Gasteiger partial charge in [-0.25, -0.2) is 0 Å². The van der Waals surface area contributed by atoms with Crippen molar-refractivity contribution in [3.05, 3.63) is 91.1 Å². The average molecular weight is 854 g/mol. The summed E-state index contributed by atoms with van der Waals surface area (Å²) in [6.07, 6.45) is -3.02. The molecule has 8 nitrogen and oxygen atoms in total. The topological polar surface area (TPSA) is 104 Å². The molecule has 4 aliphatic rings. The summed E-state index contributed by atoms with van der Waals surface area (Å²) in [4.78, 5) is 58.3. The number of allylic oxidation sites excluding steroid dienone is 2. The zero-order valence-electron chi connectivity index (χ0n) is 23.6. The van der Waals surface area contributed by atoms with Gasteiger partial charge in [-0.15, -0.1) is 13.2 Å². The van der Waals surface area contributed by atoms with E-state index in [0.29, 0.717) is 16.9 Å². The highest BCUT2D eigenvalue weighted by Crippen LogP contribution is 2.59. The van der Waals surface area contributed by atoms with Crippen molar-refractivity contribution < 1.29 is 42.2 Å². The summed E-state index contributed by atoms with van der Waals surface area (Å²) in [5.41, 5.74) is 1.28. The number of phenols is 1. The third-order valence-corrected chi connectivity index (χ3v) is 10.8. The number of nitrogens with zero attached hydrogens (tertiary/aromatic N) is 2. The Bertz CT molecular complexity index is 1830. The van der Waals surface area contributed by atoms with Crippen LogP contribution in [0.2, 0.25) is 0 Å². The average Bonchev–Trinajstić information content (AvgIpc) is 3.41. The van der Waals surface area contributed by atoms with Crippen molar-refractivity contribution in [2.45, 2.75) is 25.1 Å². The number of aromatic hydroxyl groups is 1. The molecule has 0 bridgehead atoms. The third kappa shape index (κ3) is 5.09. The van der Waals surface area contributed by atoms with E-state index >= 15 is 0 Å². The predicted octanol–water partition coefficient (Wildman–Crippen LogP) is 6.55. The zero-order chi connectivity index (χ0) is 32.7. The molecule has 6 unspecified atom stereocenters. The molecule has 2 aliphatic carbocycles. The first-order valence-electron chi connectivity index (χ1n) is 14.4. The number of fused-ring (bicyclic) bond motifs is 4. The fraction of sp³-hybridized carbons (Fsp3) is 0.273. The summed E-state index contributed by atoms with van der Waals surface area (Å²) < 4.78 is 45.6. The van der Waals surface area contributed by atoms with Crippen LogP contribution in [0.1, 0.15) is 24.3 Å². The normalized spacial score (nSPS) is 27.4. The number of amides is 4. The van der Waals surface area contributed by atoms with Crippen molar-refractivity contribution in [2.24, 2.45) is 29.6 Å². The molecule has 6 atom stereocenters. The van der Waals surface area contributed by atoms with Crippen molar-refractivity contribution in [2.75, 3.05) is 9.80 Å². The van der Waals surface area contributed by atoms with E-state index in [0.717, 1.165) is 35.1 Å². The quantitative estimate of drug-likeness (QED) is 0.182. The predicted molar refractivity (Wildman–Crippen MR) is 176 cm³/mol. The van der Waals surface area contributed by atoms with Crippen LogP contribution in [0.5, 0.6) is 11.5 Å². The number of hydrogen-bond acceptors (Lipinski definition) is 6. The van der Waals surface area contributed by atoms with E-state index in [-0.39, 0.29) is 30.1 Å². The Balaban J connectivity index is 1.35. The van der Waals surface area contributed by atoms with Gasteiger partial charge in [0.15, 0.2) is 0 Å². The molecule has 3 aromatic carbocycles. The molecule has 0 aromatic heterocycles. The standard InChI is InChI=1S/C33H23F3I2N2O6/c34-33(35,36)46-19-9-12-25(41)23(13-19)26-20-10-11-21-27(31(44)39(29(21)42)17-5-1-15(37)2-6-17)22(20)14-24-28(26)32(45)40(30(24)43)18-7-3-16(38)4-8-18/h1-10,12-13,21-22,24,26-28,41H,11,14H2. The molecule has 236 valence electrons. The van der Waals surface area contributed by atoms with E-state index in [4.69, 9.17) is 0 Å². The van der Waals surface area contributed by atoms with E-state index in [1.807, 2.05) is 0 Å². The Morgan fingerprint density at radius 1 is 0.717 bits per heavy atom. The Kier molecular flexibility index (Phi) is 7.68. The Morgan fingerprint density at radius 3 is 1.83 bits per heavy atom. The number of anilines is 2. The van der Waals surface area contributed by atoms with Crippen molar-refractivity contribution in [1.82, 2.24) is 0 Å². The van der Waals surface area contributed by atoms with E-state index in [1.54, 1.807) is 54.6 Å². The smallest absolute Gasteiger partial charge is 0.508 e. The number of carbonyl (C=O) groups is 4. The number of phenolic OH excluding ortho intramolecular Hbond substituents is 1. The summed E-state index contributed by atoms with van der Waals surface area (Å²) in [7, 11) is 0. The highest BCUT2D eigenvalue weighted by Gasteiger charge is 2.62. The third-order valence-electron chi connectivity index (χ3n) is 9.39. The number of hydrogen-bond donors (Lipinski definition) is 1. The van der Waals surface area contributed by atoms with Crippen molar-refractivity contribution in [3.63, 3.8) is 0 Å². The van der Waals surface area contributed by atoms with Gasteiger partial charge in [-0.2, -0.15) is 0 Å². The van der Waals surface area contributed by atoms with E-state index in [9.17, 15) is 37.5 Å². The largest absolute Gasteiger partial charge is 0.573 e. The molecule has 3 aromatic rings. The number of ether oxygens (including phenoxy) is 1. The molecule has 46 heavy (non-hydrogen) atoms. The minimum Gasteiger partial charge on any atom is -0.508 e. The summed E-state index contributed by atoms with van der Waals surface area (Å²) in [6, 6.07) is 16.8. The lowest BCUT2D eigenvalue weighted by molar-refractivity contribution is -0.274. The van der Waals surface area contributed by atoms with Crippen LogP contribution in [-0.4, -0.2) is 35.1 Å². The first kappa shape index (κ1) is 31.1. The van der Waals surface area contributed by atoms with Crippen molar-refractivity contribution in [1.29, 1.82) is 0 Å². The van der Waals surface area contributed by atoms with Crippen LogP contribution in [0, 0.1) is 36.7 Å². The van der Waals surface area contributed by atoms with Gasteiger partial charge in [-0.05, 0) is 131 Å². The number of imide groups is 2. The number of alkyl halides is 3. The first-order chi connectivity index (χ1) is 21.8. The Morgan fingerprint density at radius 2 is 1.26 bits per heavy atom. The van der Waals surface area contributed by atoms with Gasteiger partial charge in [0, 0.05) is 18.6 Å². The Hall–Kier alpha value is -3.47. The van der Waals surface area contributed by atoms with Gasteiger partial charge in [-0.3, -0.25) is 29.0 Å². The summed E-state index contributed by atoms with van der Waals surface area (Å²) in [6.45, 7) is 0. The van der Waals surface area contributed by atoms with Gasteiger partial charge in [0.05, 0.1) is 35.0 Å². The second-order valence-corrected chi connectivity index (χ2v) is 14.3. The van der Waals surface area contributed by atoms with Crippen molar-refractivity contribution in [3.8, 4) is 11.5 Å². The van der Waals surface area contributed by atoms with Crippen LogP contribution in [0.3, 0.4) is 0 Å². The van der Waals surface area contributed by atoms with Gasteiger partial charge in [-0.1, -0.05) is 11.6 Å². The molecule has 2 heterocycles. The van der Waals surface area contributed by atoms with E-state index < -0.39 is 65.3 Å². The molecule has 7 rings (SSSR count). The second-order valence-electron chi connectivity index (χ2n) is 11.8. The lowest BCUT2D eigenvalue weighted by Crippen LogP contribution is -2.43. The molecule has 0 radical (unpaired) electrons. The van der Waals surface area contributed by atoms with Crippen LogP contribution in [0.4, 0.5) is 24.5 Å². The maximum absolute atomic E-state index is 14.2. The molecule has 2 aliphatic heterocycles. The number of benzene rings is 3. The monoisotopic (exact) mass is 854 g/mol. The van der Waals surface area contributed by atoms with E-state index in [1.165, 1.54) is 0 Å². The lowest BCUT2D eigenvalue weighted by atomic mass is 9.57. The van der Waals surface area contributed by atoms with Crippen LogP contribution in [0.15, 0.2) is 78.4 Å². The molecule has 0 spiro atoms. The van der Waals surface area contributed by atoms with E-state index in [2.05, 4.69) is 49.9 Å². The SMILES string of the molecule is O=C1C2CC=C3C(CC4C(=O)N(c5ccc(I)cc5)C(=O)C4C3c3cc(OC(F)(F)F)ccc3O)C2C(=O)N1c1ccc(I)cc1. The van der Waals surface area contributed by atoms with Crippen LogP contribution in [-0.2, 0) is 19.2 Å². The van der Waals surface area contributed by atoms with Crippen molar-refractivity contribution >= 4 is 80.2 Å². The fourth-order valence-electron chi connectivity index (χ4n) is 7.60. The van der Waals surface area contributed by atoms with Crippen LogP contribution in [0.25, 0.3) is 0 Å². The fourth-order valence-corrected chi connectivity index (χ4v) is 8.32. The van der Waals surface area contributed by atoms with Crippen LogP contribution >= 0.6 is 45.2 Å². The number of halogens is 5. The first-order valence-corrected chi connectivity index (χ1v) is 16.5. The highest BCUT2D eigenvalue weighted by atomic mass is 127. The molecule has 13 heteroatoms. The van der Waals surface area contributed by atoms with Gasteiger partial charge < -0.3 is 9.84 Å². The second kappa shape index (κ2) is 11.3. The number of carbonyl (C=O) groups excluding carboxylic acids is 4. The summed E-state index contributed by atoms with van der Waals surface area (Å²) in [5, 5.41) is 11.1. The van der Waals surface area contributed by atoms with Crippen LogP contribution < -0.4 is 14.5 Å². The molecular weight excluding hydrogens is 831 g/mol. The van der Waals surface area contributed by atoms with Gasteiger partial charge in [0.2, 0.25) is 23.6 Å². The van der Waals surface area contributed by atoms with Gasteiger partial charge in [0.1, 0.15) is 11.5 Å². The summed E-state index contributed by atoms with van der Waals surface area (Å²) >= 11 is 4.22. The maximum atomic E-state index is 14.2. The molecule has 2 saturated heterocycles. The highest BCUT2D eigenvalue weighted by molar-refractivity contribution is 14.1. The maximum Gasteiger partial charge on any atom is 0.573 e. The minimum atomic E-state index is -5.01. The molecule has 3 fully saturated rings. The summed E-state index contributed by atoms with van der Waals surface area (Å²) in [5.74, 6) is -8.20. The molecule has 1 N–H and O–H groups in total. The molecule has 1 saturated carbocycles. The zero-order valence-corrected chi connectivity index (χ0v) is 27.9. The van der Waals surface area contributed by atoms with Gasteiger partial charge in [0.25, 0.3) is 0 Å². The number of rotatable bonds is 4. The molecular formula is C33H23F3I2N2O6. The minimum absolute atomic E-state index is 0.0250. The lowest BCUT2D eigenvalue weighted by Gasteiger charge is -2.44. The Labute approximate surface area is 287 Å². The van der Waals surface area contributed by atoms with Gasteiger partial charge >= 0.3 is 6.36 Å². The molecule has 4 amide bonds.